The summed E-state index contributed by atoms with van der Waals surface area (Å²) in [6, 6.07) is 0.372. The Balaban J connectivity index is 1.50. The average Bonchev–Trinajstić information content (AvgIpc) is 3.24. The summed E-state index contributed by atoms with van der Waals surface area (Å²) >= 11 is 0. The lowest BCUT2D eigenvalue weighted by Gasteiger charge is -2.33. The molecule has 3 rings (SSSR count). The van der Waals surface area contributed by atoms with E-state index in [0.29, 0.717) is 6.04 Å². The van der Waals surface area contributed by atoms with Crippen LogP contribution in [0.2, 0.25) is 0 Å². The van der Waals surface area contributed by atoms with Crippen LogP contribution in [0.25, 0.3) is 0 Å². The first kappa shape index (κ1) is 15.5. The second kappa shape index (κ2) is 7.22. The predicted octanol–water partition coefficient (Wildman–Crippen LogP) is 1.96. The minimum Gasteiger partial charge on any atom is -0.368 e. The van der Waals surface area contributed by atoms with Gasteiger partial charge in [0.05, 0.1) is 11.7 Å². The van der Waals surface area contributed by atoms with Crippen LogP contribution in [0, 0.1) is 0 Å². The molecule has 0 radical (unpaired) electrons. The lowest BCUT2D eigenvalue weighted by Crippen LogP contribution is -2.44. The number of nitrogens with zero attached hydrogens (tertiary/aromatic N) is 4. The quantitative estimate of drug-likeness (QED) is 0.834. The Labute approximate surface area is 131 Å². The highest BCUT2D eigenvalue weighted by Gasteiger charge is 2.31. The van der Waals surface area contributed by atoms with Crippen molar-refractivity contribution >= 4 is 5.91 Å². The molecule has 1 amide bonds. The molecule has 0 aromatic carbocycles. The van der Waals surface area contributed by atoms with Gasteiger partial charge in [0.2, 0.25) is 0 Å². The van der Waals surface area contributed by atoms with E-state index in [1.165, 1.54) is 6.42 Å². The molecule has 0 bridgehead atoms. The summed E-state index contributed by atoms with van der Waals surface area (Å²) in [7, 11) is 0. The van der Waals surface area contributed by atoms with Crippen molar-refractivity contribution in [1.82, 2.24) is 19.9 Å². The van der Waals surface area contributed by atoms with Gasteiger partial charge in [-0.3, -0.25) is 4.79 Å². The van der Waals surface area contributed by atoms with Crippen LogP contribution in [-0.4, -0.2) is 51.6 Å². The molecule has 0 saturated carbocycles. The van der Waals surface area contributed by atoms with E-state index in [1.54, 1.807) is 0 Å². The number of rotatable bonds is 5. The van der Waals surface area contributed by atoms with Crippen molar-refractivity contribution in [3.05, 3.63) is 11.9 Å². The van der Waals surface area contributed by atoms with Crippen molar-refractivity contribution in [2.75, 3.05) is 19.7 Å². The average molecular weight is 306 g/mol. The molecule has 1 aromatic rings. The number of aromatic nitrogens is 3. The number of ether oxygens (including phenoxy) is 1. The molecule has 1 aromatic heterocycles. The Hall–Kier alpha value is -1.43. The molecular weight excluding hydrogens is 280 g/mol. The van der Waals surface area contributed by atoms with Crippen molar-refractivity contribution in [2.45, 2.75) is 64.0 Å². The van der Waals surface area contributed by atoms with E-state index in [1.807, 2.05) is 9.58 Å². The van der Waals surface area contributed by atoms with E-state index in [4.69, 9.17) is 4.74 Å². The van der Waals surface area contributed by atoms with Crippen molar-refractivity contribution < 1.29 is 9.53 Å². The molecule has 0 unspecified atom stereocenters. The molecule has 22 heavy (non-hydrogen) atoms. The van der Waals surface area contributed by atoms with Gasteiger partial charge in [0.15, 0.2) is 0 Å². The number of hydrogen-bond acceptors (Lipinski definition) is 4. The van der Waals surface area contributed by atoms with Gasteiger partial charge in [-0.05, 0) is 38.5 Å². The summed E-state index contributed by atoms with van der Waals surface area (Å²) in [4.78, 5) is 14.3. The molecule has 2 aliphatic heterocycles. The molecule has 2 saturated heterocycles. The topological polar surface area (TPSA) is 60.2 Å². The van der Waals surface area contributed by atoms with E-state index in [2.05, 4.69) is 23.4 Å². The zero-order valence-electron chi connectivity index (χ0n) is 13.4. The van der Waals surface area contributed by atoms with Crippen molar-refractivity contribution in [1.29, 1.82) is 0 Å². The fourth-order valence-electron chi connectivity index (χ4n) is 3.29. The molecule has 0 N–H and O–H groups in total. The Morgan fingerprint density at radius 2 is 2.18 bits per heavy atom. The Kier molecular flexibility index (Phi) is 5.08. The minimum atomic E-state index is -0.191. The zero-order chi connectivity index (χ0) is 15.4. The molecule has 6 heteroatoms. The predicted molar refractivity (Wildman–Crippen MR) is 82.5 cm³/mol. The monoisotopic (exact) mass is 306 g/mol. The number of likely N-dealkylation sites (tertiary alicyclic amines) is 1. The van der Waals surface area contributed by atoms with Crippen molar-refractivity contribution in [3.63, 3.8) is 0 Å². The minimum absolute atomic E-state index is 0.179. The molecular formula is C16H26N4O2. The number of carbonyl (C=O) groups excluding carboxylic acids is 1. The Bertz CT molecular complexity index is 488. The normalized spacial score (nSPS) is 23.1. The SMILES string of the molecule is CCCCc1cn(C2CCN(C(=O)[C@H]3CCCO3)CC2)nn1. The molecule has 2 fully saturated rings. The summed E-state index contributed by atoms with van der Waals surface area (Å²) in [5.74, 6) is 0.179. The van der Waals surface area contributed by atoms with Gasteiger partial charge in [-0.2, -0.15) is 0 Å². The van der Waals surface area contributed by atoms with Crippen LogP contribution in [0.4, 0.5) is 0 Å². The molecule has 6 nitrogen and oxygen atoms in total. The number of aryl methyl sites for hydroxylation is 1. The van der Waals surface area contributed by atoms with Crippen LogP contribution in [0.5, 0.6) is 0 Å². The maximum Gasteiger partial charge on any atom is 0.251 e. The highest BCUT2D eigenvalue weighted by atomic mass is 16.5. The van der Waals surface area contributed by atoms with Gasteiger partial charge in [-0.1, -0.05) is 18.6 Å². The lowest BCUT2D eigenvalue weighted by molar-refractivity contribution is -0.142. The van der Waals surface area contributed by atoms with E-state index in [-0.39, 0.29) is 12.0 Å². The summed E-state index contributed by atoms with van der Waals surface area (Å²) < 4.78 is 7.50. The first-order valence-electron chi connectivity index (χ1n) is 8.59. The Morgan fingerprint density at radius 1 is 1.36 bits per heavy atom. The zero-order valence-corrected chi connectivity index (χ0v) is 13.4. The second-order valence-corrected chi connectivity index (χ2v) is 6.35. The fourth-order valence-corrected chi connectivity index (χ4v) is 3.29. The van der Waals surface area contributed by atoms with Gasteiger partial charge < -0.3 is 9.64 Å². The summed E-state index contributed by atoms with van der Waals surface area (Å²) in [5.41, 5.74) is 1.08. The second-order valence-electron chi connectivity index (χ2n) is 6.35. The van der Waals surface area contributed by atoms with Crippen LogP contribution in [0.15, 0.2) is 6.20 Å². The number of carbonyl (C=O) groups is 1. The fraction of sp³-hybridized carbons (Fsp3) is 0.812. The van der Waals surface area contributed by atoms with Crippen LogP contribution in [0.3, 0.4) is 0 Å². The van der Waals surface area contributed by atoms with Gasteiger partial charge in [0, 0.05) is 25.9 Å². The van der Waals surface area contributed by atoms with Crippen LogP contribution in [0.1, 0.15) is 57.2 Å². The number of amides is 1. The van der Waals surface area contributed by atoms with Crippen LogP contribution < -0.4 is 0 Å². The van der Waals surface area contributed by atoms with Crippen molar-refractivity contribution in [3.8, 4) is 0 Å². The third-order valence-electron chi connectivity index (χ3n) is 4.70. The lowest BCUT2D eigenvalue weighted by atomic mass is 10.0. The molecule has 0 spiro atoms. The highest BCUT2D eigenvalue weighted by molar-refractivity contribution is 5.81. The summed E-state index contributed by atoms with van der Waals surface area (Å²) in [6.45, 7) is 4.51. The van der Waals surface area contributed by atoms with Gasteiger partial charge in [-0.25, -0.2) is 4.68 Å². The Morgan fingerprint density at radius 3 is 2.86 bits per heavy atom. The molecule has 1 atom stereocenters. The third-order valence-corrected chi connectivity index (χ3v) is 4.70. The van der Waals surface area contributed by atoms with E-state index in [0.717, 1.165) is 63.9 Å². The van der Waals surface area contributed by atoms with Gasteiger partial charge in [0.25, 0.3) is 5.91 Å². The summed E-state index contributed by atoms with van der Waals surface area (Å²) in [5, 5.41) is 8.54. The van der Waals surface area contributed by atoms with E-state index in [9.17, 15) is 4.79 Å². The van der Waals surface area contributed by atoms with Crippen LogP contribution >= 0.6 is 0 Å². The van der Waals surface area contributed by atoms with Gasteiger partial charge in [0.1, 0.15) is 6.10 Å². The number of hydrogen-bond donors (Lipinski definition) is 0. The van der Waals surface area contributed by atoms with Crippen LogP contribution in [-0.2, 0) is 16.0 Å². The largest absolute Gasteiger partial charge is 0.368 e. The summed E-state index contributed by atoms with van der Waals surface area (Å²) in [6.07, 6.45) is 9.02. The molecule has 2 aliphatic rings. The van der Waals surface area contributed by atoms with Gasteiger partial charge >= 0.3 is 0 Å². The molecule has 0 aliphatic carbocycles. The first-order valence-corrected chi connectivity index (χ1v) is 8.59. The van der Waals surface area contributed by atoms with Gasteiger partial charge in [-0.15, -0.1) is 5.10 Å². The van der Waals surface area contributed by atoms with Crippen molar-refractivity contribution in [2.24, 2.45) is 0 Å². The number of piperidine rings is 1. The highest BCUT2D eigenvalue weighted by Crippen LogP contribution is 2.24. The molecule has 3 heterocycles. The third kappa shape index (κ3) is 3.48. The first-order chi connectivity index (χ1) is 10.8. The number of unbranched alkanes of at least 4 members (excludes halogenated alkanes) is 1. The smallest absolute Gasteiger partial charge is 0.251 e. The van der Waals surface area contributed by atoms with E-state index < -0.39 is 0 Å². The standard InChI is InChI=1S/C16H26N4O2/c1-2-3-5-13-12-20(18-17-13)14-7-9-19(10-8-14)16(21)15-6-4-11-22-15/h12,14-15H,2-11H2,1H3/t15-/m1/s1. The maximum atomic E-state index is 12.3. The molecule has 122 valence electrons. The van der Waals surface area contributed by atoms with E-state index >= 15 is 0 Å². The maximum absolute atomic E-state index is 12.3.